The van der Waals surface area contributed by atoms with Gasteiger partial charge in [-0.25, -0.2) is 8.78 Å². The summed E-state index contributed by atoms with van der Waals surface area (Å²) in [4.78, 5) is 12.5. The Balaban J connectivity index is 2.01. The van der Waals surface area contributed by atoms with E-state index in [1.807, 2.05) is 0 Å². The summed E-state index contributed by atoms with van der Waals surface area (Å²) in [6.07, 6.45) is -0.128. The van der Waals surface area contributed by atoms with Gasteiger partial charge < -0.3 is 9.94 Å². The predicted octanol–water partition coefficient (Wildman–Crippen LogP) is 2.34. The van der Waals surface area contributed by atoms with Crippen LogP contribution >= 0.6 is 0 Å². The van der Waals surface area contributed by atoms with Crippen molar-refractivity contribution in [1.29, 1.82) is 0 Å². The molecule has 3 aromatic heterocycles. The predicted molar refractivity (Wildman–Crippen MR) is 80.1 cm³/mol. The van der Waals surface area contributed by atoms with E-state index in [1.165, 1.54) is 54.4 Å². The average molecular weight is 333 g/mol. The second-order valence-electron chi connectivity index (χ2n) is 5.12. The zero-order chi connectivity index (χ0) is 17.3. The van der Waals surface area contributed by atoms with Crippen LogP contribution in [0.1, 0.15) is 28.0 Å². The van der Waals surface area contributed by atoms with Gasteiger partial charge in [0.1, 0.15) is 5.69 Å². The molecule has 0 aromatic carbocycles. The first-order valence-corrected chi connectivity index (χ1v) is 7.05. The molecule has 0 amide bonds. The molecule has 0 saturated carbocycles. The number of Topliss-reactive ketones (excluding diaryl/α,β-unsaturated/α-hetero) is 1. The molecule has 3 aromatic rings. The Morgan fingerprint density at radius 3 is 2.67 bits per heavy atom. The van der Waals surface area contributed by atoms with Crippen LogP contribution < -0.4 is 9.47 Å². The van der Waals surface area contributed by atoms with Crippen LogP contribution in [0, 0.1) is 5.21 Å². The van der Waals surface area contributed by atoms with E-state index in [1.54, 1.807) is 0 Å². The van der Waals surface area contributed by atoms with E-state index >= 15 is 0 Å². The number of nitrogens with zero attached hydrogens (tertiary/aromatic N) is 3. The van der Waals surface area contributed by atoms with Gasteiger partial charge in [-0.3, -0.25) is 4.79 Å². The summed E-state index contributed by atoms with van der Waals surface area (Å²) in [6.45, 7) is 0. The summed E-state index contributed by atoms with van der Waals surface area (Å²) >= 11 is 0. The normalized spacial score (nSPS) is 11.2. The van der Waals surface area contributed by atoms with Crippen molar-refractivity contribution in [2.24, 2.45) is 0 Å². The lowest BCUT2D eigenvalue weighted by atomic mass is 10.0. The monoisotopic (exact) mass is 333 g/mol. The van der Waals surface area contributed by atoms with Crippen LogP contribution in [-0.2, 0) is 6.42 Å². The van der Waals surface area contributed by atoms with Gasteiger partial charge in [-0.2, -0.15) is 14.3 Å². The van der Waals surface area contributed by atoms with Crippen molar-refractivity contribution in [2.45, 2.75) is 12.8 Å². The van der Waals surface area contributed by atoms with E-state index in [2.05, 4.69) is 5.10 Å². The van der Waals surface area contributed by atoms with Gasteiger partial charge in [-0.15, -0.1) is 0 Å². The third kappa shape index (κ3) is 2.90. The molecule has 8 heteroatoms. The molecular weight excluding hydrogens is 320 g/mol. The van der Waals surface area contributed by atoms with E-state index < -0.39 is 12.1 Å². The van der Waals surface area contributed by atoms with Crippen molar-refractivity contribution in [1.82, 2.24) is 9.61 Å². The van der Waals surface area contributed by atoms with Gasteiger partial charge in [0, 0.05) is 30.2 Å². The SMILES string of the molecule is COc1ccc(C(=O)Cc2cc[n+]([O-])cc2)c2cc(C(F)F)nn12. The highest BCUT2D eigenvalue weighted by atomic mass is 19.3. The standard InChI is InChI=1S/C16H13F2N3O3/c1-24-15-3-2-11(13-9-12(16(17)18)19-21(13)15)14(22)8-10-4-6-20(23)7-5-10/h2-7,9,16H,8H2,1H3. The number of hydrogen-bond acceptors (Lipinski definition) is 4. The Hall–Kier alpha value is -3.03. The van der Waals surface area contributed by atoms with Gasteiger partial charge in [0.05, 0.1) is 12.6 Å². The van der Waals surface area contributed by atoms with Crippen LogP contribution in [0.25, 0.3) is 5.52 Å². The highest BCUT2D eigenvalue weighted by Crippen LogP contribution is 2.25. The summed E-state index contributed by atoms with van der Waals surface area (Å²) in [5.41, 5.74) is 0.730. The van der Waals surface area contributed by atoms with E-state index in [0.29, 0.717) is 10.3 Å². The van der Waals surface area contributed by atoms with Crippen molar-refractivity contribution in [3.63, 3.8) is 0 Å². The fourth-order valence-electron chi connectivity index (χ4n) is 2.41. The Kier molecular flexibility index (Phi) is 4.11. The third-order valence-electron chi connectivity index (χ3n) is 3.57. The zero-order valence-corrected chi connectivity index (χ0v) is 12.6. The van der Waals surface area contributed by atoms with Crippen LogP contribution in [0.4, 0.5) is 8.78 Å². The van der Waals surface area contributed by atoms with E-state index in [4.69, 9.17) is 4.74 Å². The average Bonchev–Trinajstić information content (AvgIpc) is 3.01. The molecule has 0 saturated heterocycles. The van der Waals surface area contributed by atoms with Crippen molar-refractivity contribution in [3.05, 3.63) is 64.8 Å². The molecule has 0 aliphatic rings. The number of rotatable bonds is 5. The summed E-state index contributed by atoms with van der Waals surface area (Å²) in [7, 11) is 1.39. The summed E-state index contributed by atoms with van der Waals surface area (Å²) in [5.74, 6) is -0.0208. The number of aromatic nitrogens is 3. The molecule has 0 unspecified atom stereocenters. The Morgan fingerprint density at radius 2 is 2.04 bits per heavy atom. The zero-order valence-electron chi connectivity index (χ0n) is 12.6. The Labute approximate surface area is 135 Å². The second-order valence-corrected chi connectivity index (χ2v) is 5.12. The second kappa shape index (κ2) is 6.23. The molecule has 0 bridgehead atoms. The number of alkyl halides is 2. The molecule has 0 aliphatic carbocycles. The number of ketones is 1. The van der Waals surface area contributed by atoms with Crippen LogP contribution in [0.15, 0.2) is 42.7 Å². The molecule has 6 nitrogen and oxygen atoms in total. The minimum atomic E-state index is -2.75. The van der Waals surface area contributed by atoms with E-state index in [0.717, 1.165) is 0 Å². The molecule has 124 valence electrons. The van der Waals surface area contributed by atoms with Gasteiger partial charge in [0.15, 0.2) is 18.2 Å². The maximum atomic E-state index is 12.9. The van der Waals surface area contributed by atoms with E-state index in [9.17, 15) is 18.8 Å². The smallest absolute Gasteiger partial charge is 0.282 e. The van der Waals surface area contributed by atoms with E-state index in [-0.39, 0.29) is 29.2 Å². The molecule has 0 spiro atoms. The summed E-state index contributed by atoms with van der Waals surface area (Å²) in [6, 6.07) is 7.26. The maximum Gasteiger partial charge on any atom is 0.282 e. The molecule has 3 heterocycles. The lowest BCUT2D eigenvalue weighted by molar-refractivity contribution is -0.605. The van der Waals surface area contributed by atoms with Gasteiger partial charge >= 0.3 is 0 Å². The molecule has 3 rings (SSSR count). The number of halogens is 2. The molecule has 0 N–H and O–H groups in total. The minimum absolute atomic E-state index is 0.0397. The van der Waals surface area contributed by atoms with Crippen molar-refractivity contribution >= 4 is 11.3 Å². The van der Waals surface area contributed by atoms with Crippen LogP contribution in [-0.4, -0.2) is 22.5 Å². The highest BCUT2D eigenvalue weighted by Gasteiger charge is 2.19. The van der Waals surface area contributed by atoms with Gasteiger partial charge in [0.2, 0.25) is 5.88 Å². The largest absolute Gasteiger partial charge is 0.619 e. The summed E-state index contributed by atoms with van der Waals surface area (Å²) in [5, 5.41) is 14.8. The number of pyridine rings is 2. The van der Waals surface area contributed by atoms with Crippen LogP contribution in [0.3, 0.4) is 0 Å². The number of fused-ring (bicyclic) bond motifs is 1. The third-order valence-corrected chi connectivity index (χ3v) is 3.57. The van der Waals surface area contributed by atoms with Crippen molar-refractivity contribution < 1.29 is 23.0 Å². The lowest BCUT2D eigenvalue weighted by Crippen LogP contribution is -2.24. The molecule has 24 heavy (non-hydrogen) atoms. The van der Waals surface area contributed by atoms with Crippen LogP contribution in [0.2, 0.25) is 0 Å². The Bertz CT molecular complexity index is 891. The fraction of sp³-hybridized carbons (Fsp3) is 0.188. The highest BCUT2D eigenvalue weighted by molar-refractivity contribution is 6.03. The van der Waals surface area contributed by atoms with Crippen molar-refractivity contribution in [2.75, 3.05) is 7.11 Å². The number of hydrogen-bond donors (Lipinski definition) is 0. The first-order chi connectivity index (χ1) is 11.5. The number of ether oxygens (including phenoxy) is 1. The number of carbonyl (C=O) groups is 1. The first kappa shape index (κ1) is 15.9. The molecule has 0 radical (unpaired) electrons. The first-order valence-electron chi connectivity index (χ1n) is 7.05. The molecule has 0 atom stereocenters. The molecule has 0 fully saturated rings. The lowest BCUT2D eigenvalue weighted by Gasteiger charge is -2.07. The van der Waals surface area contributed by atoms with Gasteiger partial charge in [0.25, 0.3) is 6.43 Å². The molecule has 0 aliphatic heterocycles. The van der Waals surface area contributed by atoms with Gasteiger partial charge in [-0.05, 0) is 17.7 Å². The topological polar surface area (TPSA) is 70.5 Å². The number of carbonyl (C=O) groups excluding carboxylic acids is 1. The van der Waals surface area contributed by atoms with Crippen molar-refractivity contribution in [3.8, 4) is 5.88 Å². The Morgan fingerprint density at radius 1 is 1.33 bits per heavy atom. The van der Waals surface area contributed by atoms with Gasteiger partial charge in [-0.1, -0.05) is 0 Å². The summed E-state index contributed by atoms with van der Waals surface area (Å²) < 4.78 is 32.7. The minimum Gasteiger partial charge on any atom is -0.619 e. The quantitative estimate of drug-likeness (QED) is 0.408. The maximum absolute atomic E-state index is 12.9. The van der Waals surface area contributed by atoms with Crippen LogP contribution in [0.5, 0.6) is 5.88 Å². The molecular formula is C16H13F2N3O3. The fourth-order valence-corrected chi connectivity index (χ4v) is 2.41. The number of methoxy groups -OCH3 is 1.